The van der Waals surface area contributed by atoms with Gasteiger partial charge in [0, 0.05) is 5.56 Å². The molecular weight excluding hydrogens is 418 g/mol. The third-order valence-electron chi connectivity index (χ3n) is 4.21. The highest BCUT2D eigenvalue weighted by molar-refractivity contribution is 7.87. The standard InChI is InChI=1S/C23H19NO6S/c1-16-7-13-20(14-8-16)31(28,29)30-19-11-9-17(10-12-19)15-21(23(26)27)24-22(25)18-5-3-2-4-6-18/h2-15H,1H3,(H,24,25)(H,26,27)/p-1/b21-15-. The third kappa shape index (κ3) is 5.80. The van der Waals surface area contributed by atoms with Crippen LogP contribution in [0.5, 0.6) is 5.75 Å². The number of nitrogens with one attached hydrogen (secondary N) is 1. The van der Waals surface area contributed by atoms with E-state index in [1.165, 1.54) is 42.5 Å². The van der Waals surface area contributed by atoms with Crippen LogP contribution in [0, 0.1) is 6.92 Å². The first-order valence-electron chi connectivity index (χ1n) is 9.15. The first kappa shape index (κ1) is 21.8. The van der Waals surface area contributed by atoms with Gasteiger partial charge in [0.25, 0.3) is 5.91 Å². The summed E-state index contributed by atoms with van der Waals surface area (Å²) in [5.74, 6) is -2.10. The molecule has 0 saturated heterocycles. The SMILES string of the molecule is Cc1ccc(S(=O)(=O)Oc2ccc(/C=C(\NC(=O)c3ccccc3)C(=O)[O-])cc2)cc1. The molecular formula is C23H18NO6S-. The lowest BCUT2D eigenvalue weighted by Gasteiger charge is -2.11. The Morgan fingerprint density at radius 1 is 0.903 bits per heavy atom. The predicted molar refractivity (Wildman–Crippen MR) is 112 cm³/mol. The Morgan fingerprint density at radius 2 is 1.52 bits per heavy atom. The fraction of sp³-hybridized carbons (Fsp3) is 0.0435. The van der Waals surface area contributed by atoms with Crippen LogP contribution in [0.4, 0.5) is 0 Å². The quantitative estimate of drug-likeness (QED) is 0.449. The molecule has 1 amide bonds. The summed E-state index contributed by atoms with van der Waals surface area (Å²) in [4.78, 5) is 23.6. The Kier molecular flexibility index (Phi) is 6.52. The van der Waals surface area contributed by atoms with E-state index in [4.69, 9.17) is 4.18 Å². The minimum absolute atomic E-state index is 0.0185. The molecule has 0 saturated carbocycles. The van der Waals surface area contributed by atoms with Crippen molar-refractivity contribution >= 4 is 28.1 Å². The summed E-state index contributed by atoms with van der Waals surface area (Å²) in [6.07, 6.45) is 1.20. The van der Waals surface area contributed by atoms with Crippen molar-refractivity contribution in [2.75, 3.05) is 0 Å². The van der Waals surface area contributed by atoms with E-state index < -0.39 is 27.7 Å². The number of rotatable bonds is 7. The van der Waals surface area contributed by atoms with Crippen molar-refractivity contribution in [3.05, 3.63) is 101 Å². The Hall–Kier alpha value is -3.91. The van der Waals surface area contributed by atoms with Crippen LogP contribution < -0.4 is 14.6 Å². The third-order valence-corrected chi connectivity index (χ3v) is 5.47. The van der Waals surface area contributed by atoms with Crippen molar-refractivity contribution in [2.24, 2.45) is 0 Å². The van der Waals surface area contributed by atoms with Gasteiger partial charge in [0.05, 0.1) is 11.7 Å². The maximum atomic E-state index is 12.4. The molecule has 7 nitrogen and oxygen atoms in total. The van der Waals surface area contributed by atoms with Gasteiger partial charge < -0.3 is 19.4 Å². The highest BCUT2D eigenvalue weighted by Gasteiger charge is 2.16. The van der Waals surface area contributed by atoms with E-state index in [2.05, 4.69) is 5.32 Å². The molecule has 8 heteroatoms. The molecule has 0 aliphatic heterocycles. The summed E-state index contributed by atoms with van der Waals surface area (Å²) < 4.78 is 29.8. The summed E-state index contributed by atoms with van der Waals surface area (Å²) in [6.45, 7) is 1.84. The molecule has 0 unspecified atom stereocenters. The van der Waals surface area contributed by atoms with E-state index in [0.717, 1.165) is 5.56 Å². The van der Waals surface area contributed by atoms with Gasteiger partial charge >= 0.3 is 10.1 Å². The van der Waals surface area contributed by atoms with Crippen molar-refractivity contribution in [3.8, 4) is 5.75 Å². The first-order valence-corrected chi connectivity index (χ1v) is 10.6. The minimum atomic E-state index is -4.00. The summed E-state index contributed by atoms with van der Waals surface area (Å²) >= 11 is 0. The number of hydrogen-bond acceptors (Lipinski definition) is 6. The van der Waals surface area contributed by atoms with E-state index in [-0.39, 0.29) is 10.6 Å². The minimum Gasteiger partial charge on any atom is -0.543 e. The highest BCUT2D eigenvalue weighted by atomic mass is 32.2. The van der Waals surface area contributed by atoms with Crippen LogP contribution in [0.15, 0.2) is 89.5 Å². The Morgan fingerprint density at radius 3 is 2.10 bits per heavy atom. The van der Waals surface area contributed by atoms with E-state index >= 15 is 0 Å². The molecule has 158 valence electrons. The average molecular weight is 436 g/mol. The molecule has 0 atom stereocenters. The zero-order valence-corrected chi connectivity index (χ0v) is 17.3. The second kappa shape index (κ2) is 9.27. The topological polar surface area (TPSA) is 113 Å². The molecule has 0 radical (unpaired) electrons. The number of carboxylic acids is 1. The largest absolute Gasteiger partial charge is 0.543 e. The fourth-order valence-electron chi connectivity index (χ4n) is 2.60. The van der Waals surface area contributed by atoms with Crippen LogP contribution >= 0.6 is 0 Å². The van der Waals surface area contributed by atoms with Gasteiger partial charge in [-0.1, -0.05) is 48.0 Å². The van der Waals surface area contributed by atoms with Gasteiger partial charge in [-0.25, -0.2) is 0 Å². The predicted octanol–water partition coefficient (Wildman–Crippen LogP) is 2.28. The van der Waals surface area contributed by atoms with Gasteiger partial charge in [0.2, 0.25) is 0 Å². The first-order chi connectivity index (χ1) is 14.7. The van der Waals surface area contributed by atoms with E-state index in [1.807, 2.05) is 6.92 Å². The van der Waals surface area contributed by atoms with Crippen LogP contribution in [-0.2, 0) is 14.9 Å². The van der Waals surface area contributed by atoms with Gasteiger partial charge in [-0.15, -0.1) is 0 Å². The van der Waals surface area contributed by atoms with Gasteiger partial charge in [0.15, 0.2) is 0 Å². The molecule has 0 aromatic heterocycles. The fourth-order valence-corrected chi connectivity index (χ4v) is 3.53. The lowest BCUT2D eigenvalue weighted by atomic mass is 10.1. The van der Waals surface area contributed by atoms with Crippen LogP contribution in [0.3, 0.4) is 0 Å². The van der Waals surface area contributed by atoms with Gasteiger partial charge in [0.1, 0.15) is 10.6 Å². The normalized spacial score (nSPS) is 11.6. The molecule has 3 aromatic carbocycles. The summed E-state index contributed by atoms with van der Waals surface area (Å²) in [7, 11) is -4.00. The molecule has 3 rings (SSSR count). The van der Waals surface area contributed by atoms with E-state index in [0.29, 0.717) is 11.1 Å². The molecule has 0 heterocycles. The number of aryl methyl sites for hydroxylation is 1. The number of aliphatic carboxylic acids is 1. The Labute approximate surface area is 179 Å². The number of amides is 1. The van der Waals surface area contributed by atoms with Crippen LogP contribution in [-0.4, -0.2) is 20.3 Å². The summed E-state index contributed by atoms with van der Waals surface area (Å²) in [5.41, 5.74) is 1.17. The maximum absolute atomic E-state index is 12.4. The molecule has 0 spiro atoms. The highest BCUT2D eigenvalue weighted by Crippen LogP contribution is 2.20. The zero-order valence-electron chi connectivity index (χ0n) is 16.4. The van der Waals surface area contributed by atoms with Crippen molar-refractivity contribution in [1.29, 1.82) is 0 Å². The molecule has 0 fully saturated rings. The molecule has 0 aliphatic rings. The summed E-state index contributed by atoms with van der Waals surface area (Å²) in [5, 5.41) is 13.7. The Bertz CT molecular complexity index is 1220. The molecule has 3 aromatic rings. The zero-order chi connectivity index (χ0) is 22.4. The van der Waals surface area contributed by atoms with Crippen LogP contribution in [0.2, 0.25) is 0 Å². The number of hydrogen-bond donors (Lipinski definition) is 1. The monoisotopic (exact) mass is 436 g/mol. The second-order valence-electron chi connectivity index (χ2n) is 6.59. The second-order valence-corrected chi connectivity index (χ2v) is 8.13. The van der Waals surface area contributed by atoms with Gasteiger partial charge in [-0.05, 0) is 55.0 Å². The van der Waals surface area contributed by atoms with E-state index in [9.17, 15) is 23.1 Å². The van der Waals surface area contributed by atoms with Crippen molar-refractivity contribution in [1.82, 2.24) is 5.32 Å². The van der Waals surface area contributed by atoms with Crippen LogP contribution in [0.25, 0.3) is 6.08 Å². The van der Waals surface area contributed by atoms with Gasteiger partial charge in [-0.3, -0.25) is 4.79 Å². The van der Waals surface area contributed by atoms with Crippen molar-refractivity contribution in [3.63, 3.8) is 0 Å². The van der Waals surface area contributed by atoms with Gasteiger partial charge in [-0.2, -0.15) is 8.42 Å². The molecule has 1 N–H and O–H groups in total. The maximum Gasteiger partial charge on any atom is 0.339 e. The smallest absolute Gasteiger partial charge is 0.339 e. The number of carboxylic acid groups (broad SMARTS) is 1. The molecule has 0 bridgehead atoms. The van der Waals surface area contributed by atoms with Crippen LogP contribution in [0.1, 0.15) is 21.5 Å². The Balaban J connectivity index is 1.75. The number of benzene rings is 3. The van der Waals surface area contributed by atoms with Crippen molar-refractivity contribution < 1.29 is 27.3 Å². The average Bonchev–Trinajstić information content (AvgIpc) is 2.75. The number of carbonyl (C=O) groups is 2. The molecule has 31 heavy (non-hydrogen) atoms. The number of carbonyl (C=O) groups excluding carboxylic acids is 2. The lowest BCUT2D eigenvalue weighted by molar-refractivity contribution is -0.299. The lowest BCUT2D eigenvalue weighted by Crippen LogP contribution is -2.35. The molecule has 0 aliphatic carbocycles. The van der Waals surface area contributed by atoms with E-state index in [1.54, 1.807) is 42.5 Å². The van der Waals surface area contributed by atoms with Crippen molar-refractivity contribution in [2.45, 2.75) is 11.8 Å². The summed E-state index contributed by atoms with van der Waals surface area (Å²) in [6, 6.07) is 20.0.